The Morgan fingerprint density at radius 3 is 3.14 bits per heavy atom. The van der Waals surface area contributed by atoms with Crippen molar-refractivity contribution in [2.45, 2.75) is 18.9 Å². The molecule has 0 saturated carbocycles. The topological polar surface area (TPSA) is 56.8 Å². The molecule has 1 amide bonds. The molecule has 112 valence electrons. The maximum atomic E-state index is 11.7. The lowest BCUT2D eigenvalue weighted by Gasteiger charge is -2.08. The third-order valence-corrected chi connectivity index (χ3v) is 3.69. The monoisotopic (exact) mass is 309 g/mol. The molecule has 1 atom stereocenters. The first-order valence-electron chi connectivity index (χ1n) is 6.89. The Morgan fingerprint density at radius 1 is 1.43 bits per heavy atom. The lowest BCUT2D eigenvalue weighted by molar-refractivity contribution is -0.116. The Balaban J connectivity index is 1.57. The van der Waals surface area contributed by atoms with Crippen molar-refractivity contribution < 1.29 is 19.0 Å². The molecule has 0 spiro atoms. The molecule has 0 radical (unpaired) electrons. The molecule has 6 heteroatoms. The van der Waals surface area contributed by atoms with Crippen LogP contribution in [0.5, 0.6) is 11.5 Å². The second kappa shape index (κ2) is 6.37. The number of rotatable bonds is 4. The average molecular weight is 310 g/mol. The molecule has 2 aliphatic rings. The summed E-state index contributed by atoms with van der Waals surface area (Å²) in [6.45, 7) is 1.50. The molecule has 3 rings (SSSR count). The van der Waals surface area contributed by atoms with Gasteiger partial charge < -0.3 is 19.5 Å². The van der Waals surface area contributed by atoms with Crippen LogP contribution in [0.1, 0.15) is 18.4 Å². The largest absolute Gasteiger partial charge is 0.454 e. The molecule has 21 heavy (non-hydrogen) atoms. The zero-order chi connectivity index (χ0) is 14.7. The molecule has 1 N–H and O–H groups in total. The Kier molecular flexibility index (Phi) is 4.31. The molecule has 1 saturated heterocycles. The van der Waals surface area contributed by atoms with Crippen molar-refractivity contribution in [1.82, 2.24) is 5.32 Å². The number of halogens is 1. The molecule has 1 aromatic carbocycles. The van der Waals surface area contributed by atoms with Crippen LogP contribution >= 0.6 is 11.6 Å². The fourth-order valence-corrected chi connectivity index (χ4v) is 2.61. The highest BCUT2D eigenvalue weighted by Crippen LogP contribution is 2.39. The maximum absolute atomic E-state index is 11.7. The first-order chi connectivity index (χ1) is 10.2. The van der Waals surface area contributed by atoms with E-state index in [1.807, 2.05) is 0 Å². The van der Waals surface area contributed by atoms with E-state index in [0.29, 0.717) is 23.1 Å². The van der Waals surface area contributed by atoms with E-state index in [-0.39, 0.29) is 18.8 Å². The summed E-state index contributed by atoms with van der Waals surface area (Å²) in [4.78, 5) is 11.7. The van der Waals surface area contributed by atoms with Crippen LogP contribution in [0.2, 0.25) is 5.02 Å². The van der Waals surface area contributed by atoms with Gasteiger partial charge in [0.25, 0.3) is 0 Å². The number of carbonyl (C=O) groups excluding carboxylic acids is 1. The average Bonchev–Trinajstić information content (AvgIpc) is 3.14. The van der Waals surface area contributed by atoms with Crippen molar-refractivity contribution in [2.75, 3.05) is 19.9 Å². The zero-order valence-corrected chi connectivity index (χ0v) is 12.2. The lowest BCUT2D eigenvalue weighted by Crippen LogP contribution is -2.30. The summed E-state index contributed by atoms with van der Waals surface area (Å²) in [5.41, 5.74) is 0.788. The number of nitrogens with one attached hydrogen (secondary N) is 1. The minimum atomic E-state index is -0.153. The van der Waals surface area contributed by atoms with Crippen molar-refractivity contribution in [1.29, 1.82) is 0 Å². The fourth-order valence-electron chi connectivity index (χ4n) is 2.33. The van der Waals surface area contributed by atoms with Crippen molar-refractivity contribution in [3.05, 3.63) is 28.8 Å². The van der Waals surface area contributed by atoms with E-state index in [2.05, 4.69) is 5.32 Å². The van der Waals surface area contributed by atoms with Crippen LogP contribution in [0.15, 0.2) is 18.2 Å². The number of benzene rings is 1. The van der Waals surface area contributed by atoms with E-state index in [1.165, 1.54) is 6.08 Å². The molecule has 1 aromatic rings. The van der Waals surface area contributed by atoms with Gasteiger partial charge in [0.2, 0.25) is 12.7 Å². The predicted octanol–water partition coefficient (Wildman–Crippen LogP) is 2.38. The van der Waals surface area contributed by atoms with E-state index in [1.54, 1.807) is 18.2 Å². The molecule has 2 heterocycles. The molecule has 0 aliphatic carbocycles. The second-order valence-corrected chi connectivity index (χ2v) is 5.36. The smallest absolute Gasteiger partial charge is 0.244 e. The molecule has 5 nitrogen and oxygen atoms in total. The first kappa shape index (κ1) is 14.2. The summed E-state index contributed by atoms with van der Waals surface area (Å²) >= 11 is 6.08. The predicted molar refractivity (Wildman–Crippen MR) is 78.6 cm³/mol. The Morgan fingerprint density at radius 2 is 2.33 bits per heavy atom. The highest BCUT2D eigenvalue weighted by atomic mass is 35.5. The van der Waals surface area contributed by atoms with Crippen molar-refractivity contribution in [3.8, 4) is 11.5 Å². The summed E-state index contributed by atoms with van der Waals surface area (Å²) in [7, 11) is 0. The van der Waals surface area contributed by atoms with Gasteiger partial charge in [-0.15, -0.1) is 0 Å². The van der Waals surface area contributed by atoms with Crippen LogP contribution in [0.25, 0.3) is 6.08 Å². The zero-order valence-electron chi connectivity index (χ0n) is 11.4. The standard InChI is InChI=1S/C15H16ClNO4/c16-12-6-10(7-13-15(12)21-9-20-13)3-4-14(18)17-8-11-2-1-5-19-11/h3-4,6-7,11H,1-2,5,8-9H2,(H,17,18)/b4-3+. The molecule has 1 unspecified atom stereocenters. The van der Waals surface area contributed by atoms with Gasteiger partial charge in [0.15, 0.2) is 11.5 Å². The van der Waals surface area contributed by atoms with E-state index in [9.17, 15) is 4.79 Å². The van der Waals surface area contributed by atoms with Crippen LogP contribution in [0.3, 0.4) is 0 Å². The molecular formula is C15H16ClNO4. The summed E-state index contributed by atoms with van der Waals surface area (Å²) in [6, 6.07) is 3.52. The van der Waals surface area contributed by atoms with E-state index in [0.717, 1.165) is 25.0 Å². The third kappa shape index (κ3) is 3.49. The highest BCUT2D eigenvalue weighted by molar-refractivity contribution is 6.32. The Bertz CT molecular complexity index is 567. The molecule has 2 aliphatic heterocycles. The van der Waals surface area contributed by atoms with Crippen LogP contribution in [-0.2, 0) is 9.53 Å². The number of fused-ring (bicyclic) bond motifs is 1. The summed E-state index contributed by atoms with van der Waals surface area (Å²) in [6.07, 6.45) is 5.37. The normalized spacial score (nSPS) is 20.1. The van der Waals surface area contributed by atoms with Gasteiger partial charge in [0.1, 0.15) is 0 Å². The van der Waals surface area contributed by atoms with Gasteiger partial charge in [0, 0.05) is 19.2 Å². The summed E-state index contributed by atoms with van der Waals surface area (Å²) in [5.74, 6) is 0.998. The van der Waals surface area contributed by atoms with Gasteiger partial charge in [-0.25, -0.2) is 0 Å². The number of ether oxygens (including phenoxy) is 3. The Labute approximate surface area is 127 Å². The van der Waals surface area contributed by atoms with Gasteiger partial charge in [-0.1, -0.05) is 11.6 Å². The van der Waals surface area contributed by atoms with Crippen LogP contribution < -0.4 is 14.8 Å². The quantitative estimate of drug-likeness (QED) is 0.868. The van der Waals surface area contributed by atoms with E-state index in [4.69, 9.17) is 25.8 Å². The molecule has 0 aromatic heterocycles. The Hall–Kier alpha value is -1.72. The molecular weight excluding hydrogens is 294 g/mol. The highest BCUT2D eigenvalue weighted by Gasteiger charge is 2.18. The lowest BCUT2D eigenvalue weighted by atomic mass is 10.2. The summed E-state index contributed by atoms with van der Waals surface area (Å²) in [5, 5.41) is 3.30. The van der Waals surface area contributed by atoms with Crippen molar-refractivity contribution in [3.63, 3.8) is 0 Å². The SMILES string of the molecule is O=C(/C=C/c1cc(Cl)c2c(c1)OCO2)NCC1CCCO1. The van der Waals surface area contributed by atoms with Crippen LogP contribution in [0.4, 0.5) is 0 Å². The fraction of sp³-hybridized carbons (Fsp3) is 0.400. The van der Waals surface area contributed by atoms with Crippen LogP contribution in [-0.4, -0.2) is 32.0 Å². The summed E-state index contributed by atoms with van der Waals surface area (Å²) < 4.78 is 16.0. The van der Waals surface area contributed by atoms with Crippen molar-refractivity contribution in [2.24, 2.45) is 0 Å². The van der Waals surface area contributed by atoms with Gasteiger partial charge >= 0.3 is 0 Å². The first-order valence-corrected chi connectivity index (χ1v) is 7.27. The maximum Gasteiger partial charge on any atom is 0.244 e. The van der Waals surface area contributed by atoms with Crippen LogP contribution in [0, 0.1) is 0 Å². The minimum absolute atomic E-state index is 0.141. The third-order valence-electron chi connectivity index (χ3n) is 3.40. The van der Waals surface area contributed by atoms with E-state index < -0.39 is 0 Å². The molecule has 1 fully saturated rings. The van der Waals surface area contributed by atoms with Gasteiger partial charge in [0.05, 0.1) is 11.1 Å². The molecule has 0 bridgehead atoms. The van der Waals surface area contributed by atoms with E-state index >= 15 is 0 Å². The number of amides is 1. The second-order valence-electron chi connectivity index (χ2n) is 4.95. The minimum Gasteiger partial charge on any atom is -0.454 e. The van der Waals surface area contributed by atoms with Gasteiger partial charge in [-0.2, -0.15) is 0 Å². The number of hydrogen-bond acceptors (Lipinski definition) is 4. The van der Waals surface area contributed by atoms with Gasteiger partial charge in [-0.3, -0.25) is 4.79 Å². The van der Waals surface area contributed by atoms with Crippen molar-refractivity contribution >= 4 is 23.6 Å². The number of hydrogen-bond donors (Lipinski definition) is 1. The number of carbonyl (C=O) groups is 1. The van der Waals surface area contributed by atoms with Gasteiger partial charge in [-0.05, 0) is 36.6 Å².